The van der Waals surface area contributed by atoms with Crippen LogP contribution in [0.5, 0.6) is 0 Å². The average molecular weight is 732 g/mol. The number of benzene rings is 4. The summed E-state index contributed by atoms with van der Waals surface area (Å²) < 4.78 is 29.8. The molecule has 4 aromatic rings. The zero-order valence-corrected chi connectivity index (χ0v) is 29.0. The molecule has 0 heterocycles. The highest BCUT2D eigenvalue weighted by Gasteiger charge is 2.35. The van der Waals surface area contributed by atoms with E-state index in [0.29, 0.717) is 20.1 Å². The molecule has 0 radical (unpaired) electrons. The van der Waals surface area contributed by atoms with Crippen molar-refractivity contribution in [2.24, 2.45) is 0 Å². The van der Waals surface area contributed by atoms with Gasteiger partial charge in [0.1, 0.15) is 12.6 Å². The van der Waals surface area contributed by atoms with E-state index in [4.69, 9.17) is 23.2 Å². The van der Waals surface area contributed by atoms with E-state index in [0.717, 1.165) is 9.87 Å². The van der Waals surface area contributed by atoms with Gasteiger partial charge in [0.15, 0.2) is 0 Å². The molecule has 11 heteroatoms. The Morgan fingerprint density at radius 1 is 0.822 bits per heavy atom. The molecule has 4 aromatic carbocycles. The van der Waals surface area contributed by atoms with E-state index in [1.54, 1.807) is 60.7 Å². The summed E-state index contributed by atoms with van der Waals surface area (Å²) in [6, 6.07) is 28.0. The van der Waals surface area contributed by atoms with E-state index in [9.17, 15) is 18.0 Å². The van der Waals surface area contributed by atoms with E-state index in [1.807, 2.05) is 51.1 Å². The van der Waals surface area contributed by atoms with Gasteiger partial charge in [0.2, 0.25) is 11.8 Å². The minimum atomic E-state index is -4.19. The SMILES string of the molecule is CC(C)(C)NC(=O)[C@H](Cc1ccccc1)N(Cc1ccc(Cl)c(Cl)c1)C(=O)CN(c1cccc(Br)c1)S(=O)(=O)c1ccccc1. The number of sulfonamides is 1. The van der Waals surface area contributed by atoms with Gasteiger partial charge >= 0.3 is 0 Å². The summed E-state index contributed by atoms with van der Waals surface area (Å²) in [4.78, 5) is 29.9. The number of halogens is 3. The highest BCUT2D eigenvalue weighted by molar-refractivity contribution is 9.10. The van der Waals surface area contributed by atoms with E-state index in [1.165, 1.54) is 17.0 Å². The predicted molar refractivity (Wildman–Crippen MR) is 184 cm³/mol. The Labute approximate surface area is 283 Å². The van der Waals surface area contributed by atoms with Crippen LogP contribution in [0, 0.1) is 0 Å². The summed E-state index contributed by atoms with van der Waals surface area (Å²) in [5, 5.41) is 3.65. The van der Waals surface area contributed by atoms with E-state index in [2.05, 4.69) is 21.2 Å². The molecule has 1 N–H and O–H groups in total. The maximum atomic E-state index is 14.5. The number of carbonyl (C=O) groups is 2. The fraction of sp³-hybridized carbons (Fsp3) is 0.235. The summed E-state index contributed by atoms with van der Waals surface area (Å²) in [6.45, 7) is 4.98. The number of nitrogens with one attached hydrogen (secondary N) is 1. The maximum absolute atomic E-state index is 14.5. The van der Waals surface area contributed by atoms with E-state index in [-0.39, 0.29) is 29.5 Å². The molecule has 45 heavy (non-hydrogen) atoms. The van der Waals surface area contributed by atoms with Gasteiger partial charge in [0, 0.05) is 23.0 Å². The van der Waals surface area contributed by atoms with Crippen molar-refractivity contribution in [2.75, 3.05) is 10.8 Å². The van der Waals surface area contributed by atoms with Crippen LogP contribution in [-0.4, -0.2) is 43.3 Å². The first kappa shape index (κ1) is 34.5. The minimum Gasteiger partial charge on any atom is -0.350 e. The van der Waals surface area contributed by atoms with Gasteiger partial charge in [-0.15, -0.1) is 0 Å². The van der Waals surface area contributed by atoms with Crippen LogP contribution < -0.4 is 9.62 Å². The van der Waals surface area contributed by atoms with E-state index >= 15 is 0 Å². The van der Waals surface area contributed by atoms with E-state index < -0.39 is 34.1 Å². The Bertz CT molecular complexity index is 1750. The average Bonchev–Trinajstić information content (AvgIpc) is 2.99. The first-order chi connectivity index (χ1) is 21.2. The number of amides is 2. The molecule has 0 saturated heterocycles. The van der Waals surface area contributed by atoms with Gasteiger partial charge in [0.25, 0.3) is 10.0 Å². The molecule has 0 aliphatic rings. The lowest BCUT2D eigenvalue weighted by molar-refractivity contribution is -0.140. The summed E-state index contributed by atoms with van der Waals surface area (Å²) in [6.07, 6.45) is 0.193. The number of hydrogen-bond donors (Lipinski definition) is 1. The van der Waals surface area contributed by atoms with Gasteiger partial charge in [-0.05, 0) is 74.4 Å². The van der Waals surface area contributed by atoms with Gasteiger partial charge in [0.05, 0.1) is 20.6 Å². The fourth-order valence-corrected chi connectivity index (χ4v) is 6.86. The van der Waals surface area contributed by atoms with Crippen molar-refractivity contribution in [3.05, 3.63) is 129 Å². The van der Waals surface area contributed by atoms with Crippen LogP contribution in [-0.2, 0) is 32.6 Å². The van der Waals surface area contributed by atoms with Crippen molar-refractivity contribution in [1.29, 1.82) is 0 Å². The fourth-order valence-electron chi connectivity index (χ4n) is 4.72. The molecule has 236 valence electrons. The molecule has 4 rings (SSSR count). The number of anilines is 1. The number of rotatable bonds is 11. The van der Waals surface area contributed by atoms with Crippen LogP contribution in [0.1, 0.15) is 31.9 Å². The standard InChI is InChI=1S/C34H34BrCl2N3O4S/c1-34(2,3)38-33(42)31(20-24-11-6-4-7-12-24)39(22-25-17-18-29(36)30(37)19-25)32(41)23-40(27-14-10-13-26(35)21-27)45(43,44)28-15-8-5-9-16-28/h4-19,21,31H,20,22-23H2,1-3H3,(H,38,42)/t31-/m0/s1. The van der Waals surface area contributed by atoms with Crippen molar-refractivity contribution < 1.29 is 18.0 Å². The Morgan fingerprint density at radius 3 is 2.07 bits per heavy atom. The normalized spacial score (nSPS) is 12.3. The lowest BCUT2D eigenvalue weighted by atomic mass is 10.0. The predicted octanol–water partition coefficient (Wildman–Crippen LogP) is 7.51. The van der Waals surface area contributed by atoms with Gasteiger partial charge in [-0.1, -0.05) is 99.8 Å². The van der Waals surface area contributed by atoms with Crippen molar-refractivity contribution in [3.8, 4) is 0 Å². The van der Waals surface area contributed by atoms with Crippen molar-refractivity contribution in [1.82, 2.24) is 10.2 Å². The number of hydrogen-bond acceptors (Lipinski definition) is 4. The van der Waals surface area contributed by atoms with Crippen LogP contribution in [0.15, 0.2) is 112 Å². The first-order valence-corrected chi connectivity index (χ1v) is 17.2. The lowest BCUT2D eigenvalue weighted by Gasteiger charge is -2.35. The molecule has 0 unspecified atom stereocenters. The van der Waals surface area contributed by atoms with Gasteiger partial charge in [-0.25, -0.2) is 8.42 Å². The molecule has 0 bridgehead atoms. The maximum Gasteiger partial charge on any atom is 0.264 e. The third-order valence-electron chi connectivity index (χ3n) is 6.81. The Morgan fingerprint density at radius 2 is 1.47 bits per heavy atom. The third-order valence-corrected chi connectivity index (χ3v) is 9.83. The zero-order chi connectivity index (χ0) is 32.8. The second kappa shape index (κ2) is 14.8. The second-order valence-electron chi connectivity index (χ2n) is 11.5. The second-order valence-corrected chi connectivity index (χ2v) is 15.1. The molecule has 2 amide bonds. The number of carbonyl (C=O) groups excluding carboxylic acids is 2. The summed E-state index contributed by atoms with van der Waals surface area (Å²) in [7, 11) is -4.19. The summed E-state index contributed by atoms with van der Waals surface area (Å²) in [5.41, 5.74) is 1.15. The molecule has 7 nitrogen and oxygen atoms in total. The van der Waals surface area contributed by atoms with Crippen LogP contribution in [0.3, 0.4) is 0 Å². The Kier molecular flexibility index (Phi) is 11.4. The molecule has 1 atom stereocenters. The molecule has 0 aliphatic carbocycles. The summed E-state index contributed by atoms with van der Waals surface area (Å²) >= 11 is 15.9. The van der Waals surface area contributed by atoms with Crippen LogP contribution in [0.25, 0.3) is 0 Å². The topological polar surface area (TPSA) is 86.8 Å². The van der Waals surface area contributed by atoms with Crippen LogP contribution in [0.4, 0.5) is 5.69 Å². The highest BCUT2D eigenvalue weighted by atomic mass is 79.9. The smallest absolute Gasteiger partial charge is 0.264 e. The molecule has 0 fully saturated rings. The third kappa shape index (κ3) is 9.33. The van der Waals surface area contributed by atoms with Crippen LogP contribution >= 0.6 is 39.1 Å². The quantitative estimate of drug-likeness (QED) is 0.173. The summed E-state index contributed by atoms with van der Waals surface area (Å²) in [5.74, 6) is -0.953. The monoisotopic (exact) mass is 729 g/mol. The van der Waals surface area contributed by atoms with Gasteiger partial charge in [-0.2, -0.15) is 0 Å². The van der Waals surface area contributed by atoms with Gasteiger partial charge in [-0.3, -0.25) is 13.9 Å². The van der Waals surface area contributed by atoms with Crippen molar-refractivity contribution in [3.63, 3.8) is 0 Å². The van der Waals surface area contributed by atoms with Crippen LogP contribution in [0.2, 0.25) is 10.0 Å². The molecular formula is C34H34BrCl2N3O4S. The molecule has 0 aliphatic heterocycles. The lowest BCUT2D eigenvalue weighted by Crippen LogP contribution is -2.56. The Balaban J connectivity index is 1.83. The first-order valence-electron chi connectivity index (χ1n) is 14.2. The molecular weight excluding hydrogens is 697 g/mol. The Hall–Kier alpha value is -3.37. The minimum absolute atomic E-state index is 0.0253. The largest absolute Gasteiger partial charge is 0.350 e. The van der Waals surface area contributed by atoms with Crippen molar-refractivity contribution >= 4 is 66.7 Å². The molecule has 0 saturated carbocycles. The number of nitrogens with zero attached hydrogens (tertiary/aromatic N) is 2. The van der Waals surface area contributed by atoms with Crippen molar-refractivity contribution in [2.45, 2.75) is 50.2 Å². The molecule has 0 aromatic heterocycles. The highest BCUT2D eigenvalue weighted by Crippen LogP contribution is 2.28. The zero-order valence-electron chi connectivity index (χ0n) is 25.1. The molecule has 0 spiro atoms. The van der Waals surface area contributed by atoms with Gasteiger partial charge < -0.3 is 10.2 Å².